The molecule has 5 N–H and O–H groups in total. The summed E-state index contributed by atoms with van der Waals surface area (Å²) in [5.41, 5.74) is 9.10. The Labute approximate surface area is 335 Å². The number of carbonyl (C=O) groups excluding carboxylic acids is 3. The van der Waals surface area contributed by atoms with E-state index in [-0.39, 0.29) is 36.6 Å². The van der Waals surface area contributed by atoms with Gasteiger partial charge in [-0.25, -0.2) is 0 Å². The highest BCUT2D eigenvalue weighted by atomic mass is 16.5. The van der Waals surface area contributed by atoms with Crippen molar-refractivity contribution >= 4 is 53.9 Å². The molecule has 10 nitrogen and oxygen atoms in total. The van der Waals surface area contributed by atoms with Crippen LogP contribution in [0.15, 0.2) is 23.9 Å². The Morgan fingerprint density at radius 2 is 1.72 bits per heavy atom. The lowest BCUT2D eigenvalue weighted by atomic mass is 9.80. The van der Waals surface area contributed by atoms with Gasteiger partial charge in [0.25, 0.3) is 0 Å². The fourth-order valence-corrected chi connectivity index (χ4v) is 9.35. The molecule has 1 saturated heterocycles. The monoisotopic (exact) mass is 776 g/mol. The zero-order valence-corrected chi connectivity index (χ0v) is 34.9. The van der Waals surface area contributed by atoms with Crippen molar-refractivity contribution in [3.63, 3.8) is 0 Å². The van der Waals surface area contributed by atoms with Crippen molar-refractivity contribution in [3.8, 4) is 0 Å². The number of aromatic nitrogens is 3. The molecule has 0 aromatic carbocycles. The largest absolute Gasteiger partial charge is 0.510 e. The summed E-state index contributed by atoms with van der Waals surface area (Å²) < 4.78 is 11.0. The zero-order chi connectivity index (χ0) is 41.1. The molecule has 5 heterocycles. The van der Waals surface area contributed by atoms with Crippen LogP contribution in [0.1, 0.15) is 129 Å². The number of carbonyl (C=O) groups is 3. The number of rotatable bonds is 15. The van der Waals surface area contributed by atoms with Crippen LogP contribution in [0.4, 0.5) is 0 Å². The smallest absolute Gasteiger partial charge is 0.320 e. The number of aliphatic hydroxyl groups is 1. The molecule has 8 bridgehead atoms. The SMILES string of the molecule is C=Cc1c2[nH]c(c1C=O)/C=C1\NC(C3=c4[nH]c(c(C)c4=C(O)[C@@H]3C(=O)OC)/C=c3\[nH]/c(c(C)c3CC)=C\2)[C@@H](CCC(=O)OC/C=C(\C)CCC[C@H](C)CCC)[C@@H]1C. The summed E-state index contributed by atoms with van der Waals surface area (Å²) in [5, 5.41) is 18.7. The minimum Gasteiger partial charge on any atom is -0.510 e. The summed E-state index contributed by atoms with van der Waals surface area (Å²) in [7, 11) is 1.33. The highest BCUT2D eigenvalue weighted by Crippen LogP contribution is 2.42. The van der Waals surface area contributed by atoms with E-state index in [2.05, 4.69) is 74.5 Å². The number of fused-ring (bicyclic) bond motifs is 8. The van der Waals surface area contributed by atoms with E-state index in [1.165, 1.54) is 31.9 Å². The van der Waals surface area contributed by atoms with Crippen LogP contribution in [0.3, 0.4) is 0 Å². The molecule has 57 heavy (non-hydrogen) atoms. The summed E-state index contributed by atoms with van der Waals surface area (Å²) in [4.78, 5) is 50.3. The first kappa shape index (κ1) is 41.4. The molecule has 1 unspecified atom stereocenters. The highest BCUT2D eigenvalue weighted by Gasteiger charge is 2.47. The van der Waals surface area contributed by atoms with Crippen LogP contribution in [0.2, 0.25) is 0 Å². The first-order chi connectivity index (χ1) is 27.4. The fraction of sp³-hybridized carbons (Fsp3) is 0.468. The standard InChI is InChI=1S/C47H60N4O6/c1-10-14-25(4)15-13-16-26(5)19-20-57-40(53)18-17-32-28(7)35-22-39-33(24-52)31(12-3)38(49-39)21-34-27(6)30(11-2)37(48-34)23-36-29(8)41-45(51-36)42(44(32)50-35)43(46(41)54)47(55)56-9/h12,19,21-25,28,32,43-44,48-51,54H,3,10-11,13-18,20H2,1-2,4-9H3/b26-19+,34-21-,35-22-,37-23-/t25-,28+,32+,43-,44?/m1/s1. The molecule has 1 fully saturated rings. The van der Waals surface area contributed by atoms with Gasteiger partial charge < -0.3 is 34.8 Å². The number of esters is 2. The summed E-state index contributed by atoms with van der Waals surface area (Å²) in [6.45, 7) is 19.1. The minimum absolute atomic E-state index is 0.0614. The molecule has 3 aliphatic rings. The van der Waals surface area contributed by atoms with E-state index in [1.54, 1.807) is 6.08 Å². The van der Waals surface area contributed by atoms with Crippen LogP contribution in [-0.2, 0) is 25.5 Å². The number of H-pyrrole nitrogens is 3. The molecule has 6 rings (SSSR count). The van der Waals surface area contributed by atoms with Gasteiger partial charge >= 0.3 is 11.9 Å². The van der Waals surface area contributed by atoms with Crippen molar-refractivity contribution in [1.29, 1.82) is 0 Å². The zero-order valence-electron chi connectivity index (χ0n) is 34.9. The van der Waals surface area contributed by atoms with E-state index in [1.807, 2.05) is 25.2 Å². The maximum atomic E-state index is 13.6. The Morgan fingerprint density at radius 1 is 0.982 bits per heavy atom. The van der Waals surface area contributed by atoms with Gasteiger partial charge in [-0.05, 0) is 105 Å². The van der Waals surface area contributed by atoms with E-state index in [9.17, 15) is 19.5 Å². The molecule has 0 radical (unpaired) electrons. The lowest BCUT2D eigenvalue weighted by Crippen LogP contribution is -2.38. The number of aliphatic hydroxyl groups excluding tert-OH is 1. The van der Waals surface area contributed by atoms with Crippen molar-refractivity contribution in [1.82, 2.24) is 20.3 Å². The molecule has 0 saturated carbocycles. The van der Waals surface area contributed by atoms with Gasteiger partial charge in [-0.2, -0.15) is 0 Å². The van der Waals surface area contributed by atoms with Crippen LogP contribution >= 0.6 is 0 Å². The predicted molar refractivity (Wildman–Crippen MR) is 227 cm³/mol. The molecule has 10 heteroatoms. The molecule has 3 aromatic rings. The molecule has 0 amide bonds. The average Bonchev–Trinajstić information content (AvgIpc) is 3.94. The van der Waals surface area contributed by atoms with Crippen molar-refractivity contribution < 1.29 is 29.0 Å². The Balaban J connectivity index is 1.43. The number of hydrogen-bond donors (Lipinski definition) is 5. The second kappa shape index (κ2) is 17.5. The third-order valence-electron chi connectivity index (χ3n) is 12.6. The predicted octanol–water partition coefficient (Wildman–Crippen LogP) is 6.04. The van der Waals surface area contributed by atoms with E-state index in [0.717, 1.165) is 75.9 Å². The molecule has 0 spiro atoms. The number of allylic oxidation sites excluding steroid dienone is 2. The third kappa shape index (κ3) is 8.00. The molecule has 304 valence electrons. The van der Waals surface area contributed by atoms with E-state index in [0.29, 0.717) is 39.4 Å². The van der Waals surface area contributed by atoms with Gasteiger partial charge in [0, 0.05) is 56.5 Å². The quantitative estimate of drug-likeness (QED) is 0.0719. The van der Waals surface area contributed by atoms with Gasteiger partial charge in [0.15, 0.2) is 6.29 Å². The van der Waals surface area contributed by atoms with Gasteiger partial charge in [-0.15, -0.1) is 0 Å². The molecule has 3 aromatic heterocycles. The van der Waals surface area contributed by atoms with Crippen molar-refractivity contribution in [2.75, 3.05) is 13.7 Å². The summed E-state index contributed by atoms with van der Waals surface area (Å²) in [6.07, 6.45) is 17.7. The number of hydrogen-bond acceptors (Lipinski definition) is 7. The van der Waals surface area contributed by atoms with Gasteiger partial charge in [0.05, 0.1) is 24.2 Å². The second-order valence-electron chi connectivity index (χ2n) is 16.2. The molecule has 2 aliphatic heterocycles. The Bertz CT molecular complexity index is 2380. The second-order valence-corrected chi connectivity index (χ2v) is 16.2. The van der Waals surface area contributed by atoms with Gasteiger partial charge in [0.1, 0.15) is 18.3 Å². The van der Waals surface area contributed by atoms with E-state index < -0.39 is 17.9 Å². The van der Waals surface area contributed by atoms with Gasteiger partial charge in [-0.3, -0.25) is 14.4 Å². The molecular weight excluding hydrogens is 717 g/mol. The van der Waals surface area contributed by atoms with Gasteiger partial charge in [0.2, 0.25) is 0 Å². The maximum absolute atomic E-state index is 13.6. The average molecular weight is 777 g/mol. The highest BCUT2D eigenvalue weighted by molar-refractivity contribution is 5.96. The summed E-state index contributed by atoms with van der Waals surface area (Å²) in [5.74, 6) is -1.59. The number of ether oxygens (including phenoxy) is 2. The topological polar surface area (TPSA) is 149 Å². The normalized spacial score (nSPS) is 22.5. The number of nitrogens with one attached hydrogen (secondary N) is 4. The molecular formula is C47H60N4O6. The summed E-state index contributed by atoms with van der Waals surface area (Å²) >= 11 is 0. The van der Waals surface area contributed by atoms with E-state index >= 15 is 0 Å². The number of aldehydes is 1. The fourth-order valence-electron chi connectivity index (χ4n) is 9.35. The van der Waals surface area contributed by atoms with Crippen LogP contribution < -0.4 is 26.6 Å². The molecule has 5 atom stereocenters. The van der Waals surface area contributed by atoms with E-state index in [4.69, 9.17) is 9.47 Å². The van der Waals surface area contributed by atoms with Gasteiger partial charge in [-0.1, -0.05) is 65.2 Å². The van der Waals surface area contributed by atoms with Crippen LogP contribution in [0.5, 0.6) is 0 Å². The van der Waals surface area contributed by atoms with Crippen LogP contribution in [0, 0.1) is 37.5 Å². The first-order valence-corrected chi connectivity index (χ1v) is 20.6. The van der Waals surface area contributed by atoms with Crippen LogP contribution in [0.25, 0.3) is 35.6 Å². The van der Waals surface area contributed by atoms with Crippen molar-refractivity contribution in [2.24, 2.45) is 23.7 Å². The minimum atomic E-state index is -1.05. The molecule has 1 aliphatic carbocycles. The lowest BCUT2D eigenvalue weighted by molar-refractivity contribution is -0.143. The number of methoxy groups -OCH3 is 1. The Kier molecular flexibility index (Phi) is 12.7. The Morgan fingerprint density at radius 3 is 2.40 bits per heavy atom. The third-order valence-corrected chi connectivity index (χ3v) is 12.6. The van der Waals surface area contributed by atoms with Crippen LogP contribution in [-0.4, -0.2) is 58.0 Å². The Hall–Kier alpha value is -5.25. The first-order valence-electron chi connectivity index (χ1n) is 20.6. The lowest BCUT2D eigenvalue weighted by Gasteiger charge is -2.26. The van der Waals surface area contributed by atoms with Crippen molar-refractivity contribution in [2.45, 2.75) is 106 Å². The maximum Gasteiger partial charge on any atom is 0.320 e. The van der Waals surface area contributed by atoms with Crippen molar-refractivity contribution in [3.05, 3.63) is 90.1 Å². The summed E-state index contributed by atoms with van der Waals surface area (Å²) in [6, 6.07) is -0.479. The number of aromatic amines is 3.